The summed E-state index contributed by atoms with van der Waals surface area (Å²) in [7, 11) is 0. The van der Waals surface area contributed by atoms with E-state index >= 15 is 0 Å². The number of pyridine rings is 1. The van der Waals surface area contributed by atoms with Crippen molar-refractivity contribution in [3.8, 4) is 0 Å². The summed E-state index contributed by atoms with van der Waals surface area (Å²) in [5, 5.41) is 13.4. The Labute approximate surface area is 216 Å². The van der Waals surface area contributed by atoms with Crippen LogP contribution >= 0.6 is 23.5 Å². The maximum absolute atomic E-state index is 12.9. The molecule has 2 amide bonds. The van der Waals surface area contributed by atoms with Crippen LogP contribution < -0.4 is 9.88 Å². The highest BCUT2D eigenvalue weighted by atomic mass is 32.2. The van der Waals surface area contributed by atoms with E-state index in [2.05, 4.69) is 9.88 Å². The van der Waals surface area contributed by atoms with Crippen LogP contribution in [-0.4, -0.2) is 50.7 Å². The van der Waals surface area contributed by atoms with Gasteiger partial charge in [0.05, 0.1) is 5.75 Å². The number of amides is 2. The Bertz CT molecular complexity index is 1380. The van der Waals surface area contributed by atoms with Crippen LogP contribution in [0.3, 0.4) is 0 Å². The first kappa shape index (κ1) is 24.1. The number of carboxylic acids is 1. The minimum absolute atomic E-state index is 0.00733. The molecule has 0 radical (unpaired) electrons. The topological polar surface area (TPSA) is 90.6 Å². The number of carbonyl (C=O) groups excluding carboxylic acids is 2. The molecule has 1 saturated heterocycles. The van der Waals surface area contributed by atoms with Gasteiger partial charge in [0.15, 0.2) is 12.7 Å². The number of carbonyl (C=O) groups is 3. The van der Waals surface area contributed by atoms with Gasteiger partial charge in [-0.05, 0) is 35.9 Å². The summed E-state index contributed by atoms with van der Waals surface area (Å²) < 4.78 is 2.08. The van der Waals surface area contributed by atoms with Crippen LogP contribution in [0.15, 0.2) is 101 Å². The van der Waals surface area contributed by atoms with Crippen molar-refractivity contribution in [1.29, 1.82) is 0 Å². The number of benzene rings is 2. The van der Waals surface area contributed by atoms with Gasteiger partial charge < -0.3 is 10.4 Å². The number of aliphatic carboxylic acids is 1. The molecule has 0 unspecified atom stereocenters. The van der Waals surface area contributed by atoms with Gasteiger partial charge in [-0.15, -0.1) is 23.5 Å². The molecule has 2 aliphatic heterocycles. The molecule has 3 aromatic rings. The lowest BCUT2D eigenvalue weighted by Gasteiger charge is -2.49. The van der Waals surface area contributed by atoms with Gasteiger partial charge in [-0.1, -0.05) is 36.4 Å². The second kappa shape index (κ2) is 10.6. The lowest BCUT2D eigenvalue weighted by Crippen LogP contribution is -2.70. The Kier molecular flexibility index (Phi) is 7.11. The largest absolute Gasteiger partial charge is 0.477 e. The number of rotatable bonds is 8. The standard InChI is InChI=1S/C27H23N3O4S2/c31-22(17-35-20-11-2-1-3-12-20)28-23-25(32)30-24(27(33)34)19(16-36-26(23)30)10-7-15-29-14-6-9-18-8-4-5-13-21(18)29/h1-14,23,26H,15-17H2,(H-,28,31,33,34)/p+1/b10-7+/t23-,26-/m1/s1. The summed E-state index contributed by atoms with van der Waals surface area (Å²) >= 11 is 2.85. The number of aromatic nitrogens is 1. The maximum atomic E-state index is 12.9. The number of hydrogen-bond donors (Lipinski definition) is 2. The molecule has 3 heterocycles. The predicted molar refractivity (Wildman–Crippen MR) is 140 cm³/mol. The third kappa shape index (κ3) is 4.89. The van der Waals surface area contributed by atoms with E-state index in [1.807, 2.05) is 79.0 Å². The molecule has 36 heavy (non-hydrogen) atoms. The minimum atomic E-state index is -1.14. The number of nitrogens with zero attached hydrogens (tertiary/aromatic N) is 2. The summed E-state index contributed by atoms with van der Waals surface area (Å²) in [6.07, 6.45) is 5.68. The molecule has 1 fully saturated rings. The molecule has 0 spiro atoms. The zero-order valence-corrected chi connectivity index (χ0v) is 20.9. The highest BCUT2D eigenvalue weighted by Crippen LogP contribution is 2.40. The number of hydrogen-bond acceptors (Lipinski definition) is 5. The SMILES string of the molecule is O=C(CSc1ccccc1)N[C@@H]1C(=O)N2C(C(=O)O)=C(/C=C/C[n+]3cccc4ccccc43)CS[C@H]12. The second-order valence-electron chi connectivity index (χ2n) is 8.36. The Morgan fingerprint density at radius 2 is 1.86 bits per heavy atom. The van der Waals surface area contributed by atoms with E-state index in [-0.39, 0.29) is 17.4 Å². The Balaban J connectivity index is 1.26. The first-order chi connectivity index (χ1) is 17.5. The first-order valence-corrected chi connectivity index (χ1v) is 13.5. The van der Waals surface area contributed by atoms with Crippen LogP contribution in [0, 0.1) is 0 Å². The number of nitrogens with one attached hydrogen (secondary N) is 1. The fourth-order valence-corrected chi connectivity index (χ4v) is 6.39. The van der Waals surface area contributed by atoms with Crippen molar-refractivity contribution in [2.24, 2.45) is 0 Å². The Hall–Kier alpha value is -3.56. The van der Waals surface area contributed by atoms with E-state index < -0.39 is 23.3 Å². The van der Waals surface area contributed by atoms with Crippen LogP contribution in [0.1, 0.15) is 0 Å². The highest BCUT2D eigenvalue weighted by molar-refractivity contribution is 8.00. The molecular formula is C27H24N3O4S2+. The molecule has 5 rings (SSSR count). The molecule has 2 N–H and O–H groups in total. The van der Waals surface area contributed by atoms with Crippen molar-refractivity contribution in [3.63, 3.8) is 0 Å². The van der Waals surface area contributed by atoms with Crippen molar-refractivity contribution >= 4 is 52.2 Å². The molecule has 1 aromatic heterocycles. The van der Waals surface area contributed by atoms with Crippen LogP contribution in [-0.2, 0) is 20.9 Å². The number of thioether (sulfide) groups is 2. The molecule has 182 valence electrons. The summed E-state index contributed by atoms with van der Waals surface area (Å²) in [5.74, 6) is -1.15. The molecule has 0 bridgehead atoms. The van der Waals surface area contributed by atoms with Gasteiger partial charge in [0.1, 0.15) is 17.1 Å². The molecule has 9 heteroatoms. The van der Waals surface area contributed by atoms with Crippen LogP contribution in [0.5, 0.6) is 0 Å². The van der Waals surface area contributed by atoms with Gasteiger partial charge in [-0.3, -0.25) is 14.5 Å². The van der Waals surface area contributed by atoms with Gasteiger partial charge in [-0.2, -0.15) is 4.57 Å². The third-order valence-corrected chi connectivity index (χ3v) is 8.35. The highest BCUT2D eigenvalue weighted by Gasteiger charge is 2.53. The fraction of sp³-hybridized carbons (Fsp3) is 0.185. The molecule has 2 aliphatic rings. The Morgan fingerprint density at radius 1 is 1.11 bits per heavy atom. The van der Waals surface area contributed by atoms with Gasteiger partial charge in [0.2, 0.25) is 11.4 Å². The number of fused-ring (bicyclic) bond motifs is 2. The van der Waals surface area contributed by atoms with Gasteiger partial charge in [-0.25, -0.2) is 4.79 Å². The zero-order chi connectivity index (χ0) is 25.1. The van der Waals surface area contributed by atoms with E-state index in [1.165, 1.54) is 28.4 Å². The van der Waals surface area contributed by atoms with Crippen molar-refractivity contribution in [2.75, 3.05) is 11.5 Å². The van der Waals surface area contributed by atoms with E-state index in [0.717, 1.165) is 15.8 Å². The minimum Gasteiger partial charge on any atom is -0.477 e. The smallest absolute Gasteiger partial charge is 0.352 e. The zero-order valence-electron chi connectivity index (χ0n) is 19.2. The summed E-state index contributed by atoms with van der Waals surface area (Å²) in [6.45, 7) is 0.567. The molecular weight excluding hydrogens is 494 g/mol. The lowest BCUT2D eigenvalue weighted by molar-refractivity contribution is -0.661. The van der Waals surface area contributed by atoms with Crippen LogP contribution in [0.25, 0.3) is 10.9 Å². The van der Waals surface area contributed by atoms with E-state index in [1.54, 1.807) is 6.08 Å². The van der Waals surface area contributed by atoms with Crippen molar-refractivity contribution in [2.45, 2.75) is 22.9 Å². The number of carboxylic acid groups (broad SMARTS) is 1. The fourth-order valence-electron chi connectivity index (χ4n) is 4.34. The number of para-hydroxylation sites is 1. The van der Waals surface area contributed by atoms with Gasteiger partial charge in [0, 0.05) is 28.2 Å². The number of allylic oxidation sites excluding steroid dienone is 2. The lowest BCUT2D eigenvalue weighted by atomic mass is 10.0. The average Bonchev–Trinajstić information content (AvgIpc) is 2.90. The van der Waals surface area contributed by atoms with E-state index in [0.29, 0.717) is 17.9 Å². The predicted octanol–water partition coefficient (Wildman–Crippen LogP) is 3.21. The Morgan fingerprint density at radius 3 is 2.67 bits per heavy atom. The van der Waals surface area contributed by atoms with Crippen LogP contribution in [0.2, 0.25) is 0 Å². The number of β-lactam (4-membered cyclic amide) rings is 1. The monoisotopic (exact) mass is 518 g/mol. The molecule has 2 aromatic carbocycles. The van der Waals surface area contributed by atoms with E-state index in [9.17, 15) is 19.5 Å². The van der Waals surface area contributed by atoms with Crippen molar-refractivity contribution < 1.29 is 24.1 Å². The second-order valence-corrected chi connectivity index (χ2v) is 10.5. The van der Waals surface area contributed by atoms with Gasteiger partial charge >= 0.3 is 5.97 Å². The summed E-state index contributed by atoms with van der Waals surface area (Å²) in [6, 6.07) is 20.9. The first-order valence-electron chi connectivity index (χ1n) is 11.4. The maximum Gasteiger partial charge on any atom is 0.352 e. The average molecular weight is 519 g/mol. The third-order valence-electron chi connectivity index (χ3n) is 6.04. The molecule has 2 atom stereocenters. The van der Waals surface area contributed by atoms with Crippen molar-refractivity contribution in [3.05, 3.63) is 96.3 Å². The molecule has 0 aliphatic carbocycles. The molecule has 0 saturated carbocycles. The summed E-state index contributed by atoms with van der Waals surface area (Å²) in [5.41, 5.74) is 1.66. The van der Waals surface area contributed by atoms with Gasteiger partial charge in [0.25, 0.3) is 5.91 Å². The van der Waals surface area contributed by atoms with Crippen molar-refractivity contribution in [1.82, 2.24) is 10.2 Å². The normalized spacial score (nSPS) is 19.3. The van der Waals surface area contributed by atoms with Crippen LogP contribution in [0.4, 0.5) is 0 Å². The quantitative estimate of drug-likeness (QED) is 0.270. The van der Waals surface area contributed by atoms with E-state index in [4.69, 9.17) is 0 Å². The summed E-state index contributed by atoms with van der Waals surface area (Å²) in [4.78, 5) is 39.7. The molecule has 7 nitrogen and oxygen atoms in total.